The Morgan fingerprint density at radius 1 is 0.658 bits per heavy atom. The summed E-state index contributed by atoms with van der Waals surface area (Å²) in [5.74, 6) is -0.947. The van der Waals surface area contributed by atoms with Gasteiger partial charge in [-0.05, 0) is 25.7 Å². The fourth-order valence-electron chi connectivity index (χ4n) is 3.71. The zero-order valence-corrected chi connectivity index (χ0v) is 22.6. The molecule has 0 aromatic rings. The Balaban J connectivity index is 2.21. The number of ether oxygens (including phenoxy) is 6. The lowest BCUT2D eigenvalue weighted by Gasteiger charge is -2.38. The summed E-state index contributed by atoms with van der Waals surface area (Å²) < 4.78 is 31.0. The molecule has 1 aliphatic rings. The standard InChI is InChI=1S/C26H42N2O10/c1-5-23(29)35-14-8-12-33-16-18-37-25(31)27(3)21-10-7-11-22(20-21)28(4)26(32)38-19-17-34-13-9-15-36-24(30)6-2/h5-6,21-22H,1-2,7-20H2,3-4H3. The third-order valence-electron chi connectivity index (χ3n) is 5.88. The molecule has 12 nitrogen and oxygen atoms in total. The molecule has 2 atom stereocenters. The maximum atomic E-state index is 12.4. The second-order valence-corrected chi connectivity index (χ2v) is 8.60. The largest absolute Gasteiger partial charge is 0.462 e. The summed E-state index contributed by atoms with van der Waals surface area (Å²) in [7, 11) is 3.39. The molecule has 0 spiro atoms. The number of nitrogens with zero attached hydrogens (tertiary/aromatic N) is 2. The number of carbonyl (C=O) groups is 4. The number of rotatable bonds is 18. The van der Waals surface area contributed by atoms with E-state index < -0.39 is 24.1 Å². The molecule has 0 radical (unpaired) electrons. The lowest BCUT2D eigenvalue weighted by molar-refractivity contribution is -0.139. The Bertz CT molecular complexity index is 700. The SMILES string of the molecule is C=CC(=O)OCCCOCCOC(=O)N(C)C1CCCC(N(C)C(=O)OCCOCCCOC(=O)C=C)C1. The quantitative estimate of drug-likeness (QED) is 0.110. The molecular formula is C26H42N2O10. The lowest BCUT2D eigenvalue weighted by Crippen LogP contribution is -2.47. The van der Waals surface area contributed by atoms with Gasteiger partial charge in [-0.2, -0.15) is 0 Å². The van der Waals surface area contributed by atoms with Gasteiger partial charge in [0.05, 0.1) is 26.4 Å². The van der Waals surface area contributed by atoms with Crippen LogP contribution >= 0.6 is 0 Å². The lowest BCUT2D eigenvalue weighted by atomic mass is 9.89. The number of carbonyl (C=O) groups excluding carboxylic acids is 4. The van der Waals surface area contributed by atoms with Crippen LogP contribution in [0.2, 0.25) is 0 Å². The van der Waals surface area contributed by atoms with E-state index in [1.54, 1.807) is 23.9 Å². The summed E-state index contributed by atoms with van der Waals surface area (Å²) in [4.78, 5) is 49.9. The van der Waals surface area contributed by atoms with E-state index in [1.807, 2.05) is 0 Å². The molecule has 0 bridgehead atoms. The van der Waals surface area contributed by atoms with Crippen LogP contribution in [0.25, 0.3) is 0 Å². The first-order valence-corrected chi connectivity index (χ1v) is 12.8. The molecule has 2 amide bonds. The van der Waals surface area contributed by atoms with E-state index in [0.29, 0.717) is 32.5 Å². The van der Waals surface area contributed by atoms with Crippen LogP contribution < -0.4 is 0 Å². The van der Waals surface area contributed by atoms with Crippen molar-refractivity contribution in [1.82, 2.24) is 9.80 Å². The molecule has 0 N–H and O–H groups in total. The van der Waals surface area contributed by atoms with Crippen molar-refractivity contribution in [1.29, 1.82) is 0 Å². The van der Waals surface area contributed by atoms with Crippen molar-refractivity contribution in [3.05, 3.63) is 25.3 Å². The zero-order chi connectivity index (χ0) is 28.2. The third kappa shape index (κ3) is 14.0. The highest BCUT2D eigenvalue weighted by Gasteiger charge is 2.32. The van der Waals surface area contributed by atoms with E-state index >= 15 is 0 Å². The predicted molar refractivity (Wildman–Crippen MR) is 137 cm³/mol. The highest BCUT2D eigenvalue weighted by molar-refractivity contribution is 5.81. The van der Waals surface area contributed by atoms with Gasteiger partial charge in [0, 0.05) is 64.4 Å². The first-order chi connectivity index (χ1) is 18.3. The van der Waals surface area contributed by atoms with Crippen molar-refractivity contribution in [2.45, 2.75) is 50.6 Å². The summed E-state index contributed by atoms with van der Waals surface area (Å²) in [6.45, 7) is 8.57. The summed E-state index contributed by atoms with van der Waals surface area (Å²) >= 11 is 0. The second-order valence-electron chi connectivity index (χ2n) is 8.60. The van der Waals surface area contributed by atoms with Crippen molar-refractivity contribution in [3.8, 4) is 0 Å². The Morgan fingerprint density at radius 2 is 1.08 bits per heavy atom. The molecule has 1 fully saturated rings. The fourth-order valence-corrected chi connectivity index (χ4v) is 3.71. The normalized spacial score (nSPS) is 16.6. The molecule has 1 saturated carbocycles. The van der Waals surface area contributed by atoms with Crippen LogP contribution in [0, 0.1) is 0 Å². The first kappa shape index (κ1) is 32.9. The topological polar surface area (TPSA) is 130 Å². The van der Waals surface area contributed by atoms with Crippen LogP contribution in [0.5, 0.6) is 0 Å². The molecule has 1 aliphatic carbocycles. The molecular weight excluding hydrogens is 500 g/mol. The maximum absolute atomic E-state index is 12.4. The van der Waals surface area contributed by atoms with Crippen LogP contribution in [0.3, 0.4) is 0 Å². The van der Waals surface area contributed by atoms with E-state index in [4.69, 9.17) is 28.4 Å². The minimum atomic E-state index is -0.474. The van der Waals surface area contributed by atoms with Gasteiger partial charge in [-0.15, -0.1) is 0 Å². The Kier molecular flexibility index (Phi) is 17.3. The fraction of sp³-hybridized carbons (Fsp3) is 0.692. The van der Waals surface area contributed by atoms with Crippen LogP contribution in [0.4, 0.5) is 9.59 Å². The molecule has 1 rings (SSSR count). The highest BCUT2D eigenvalue weighted by Crippen LogP contribution is 2.26. The van der Waals surface area contributed by atoms with Crippen molar-refractivity contribution in [3.63, 3.8) is 0 Å². The zero-order valence-electron chi connectivity index (χ0n) is 22.6. The van der Waals surface area contributed by atoms with Crippen LogP contribution in [0.1, 0.15) is 38.5 Å². The molecule has 0 aromatic carbocycles. The summed E-state index contributed by atoms with van der Waals surface area (Å²) in [5.41, 5.74) is 0. The van der Waals surface area contributed by atoms with E-state index in [0.717, 1.165) is 31.4 Å². The van der Waals surface area contributed by atoms with Crippen LogP contribution in [-0.4, -0.2) is 113 Å². The number of hydrogen-bond acceptors (Lipinski definition) is 10. The smallest absolute Gasteiger partial charge is 0.409 e. The monoisotopic (exact) mass is 542 g/mol. The van der Waals surface area contributed by atoms with Gasteiger partial charge < -0.3 is 38.2 Å². The predicted octanol–water partition coefficient (Wildman–Crippen LogP) is 2.71. The van der Waals surface area contributed by atoms with Gasteiger partial charge in [0.2, 0.25) is 0 Å². The Labute approximate surface area is 224 Å². The molecule has 0 aromatic heterocycles. The molecule has 0 aliphatic heterocycles. The average Bonchev–Trinajstić information content (AvgIpc) is 2.94. The van der Waals surface area contributed by atoms with Crippen molar-refractivity contribution in [2.75, 3.05) is 67.0 Å². The van der Waals surface area contributed by atoms with Gasteiger partial charge in [0.15, 0.2) is 0 Å². The average molecular weight is 543 g/mol. The van der Waals surface area contributed by atoms with Gasteiger partial charge in [-0.25, -0.2) is 19.2 Å². The highest BCUT2D eigenvalue weighted by atomic mass is 16.6. The van der Waals surface area contributed by atoms with E-state index in [1.165, 1.54) is 0 Å². The molecule has 12 heteroatoms. The minimum Gasteiger partial charge on any atom is -0.462 e. The Morgan fingerprint density at radius 3 is 1.47 bits per heavy atom. The molecule has 216 valence electrons. The number of amides is 2. The van der Waals surface area contributed by atoms with Crippen molar-refractivity contribution < 1.29 is 47.6 Å². The third-order valence-corrected chi connectivity index (χ3v) is 5.88. The summed E-state index contributed by atoms with van der Waals surface area (Å²) in [6, 6.07) is -0.119. The molecule has 38 heavy (non-hydrogen) atoms. The first-order valence-electron chi connectivity index (χ1n) is 12.8. The van der Waals surface area contributed by atoms with E-state index in [9.17, 15) is 19.2 Å². The van der Waals surface area contributed by atoms with Crippen molar-refractivity contribution in [2.24, 2.45) is 0 Å². The van der Waals surface area contributed by atoms with E-state index in [2.05, 4.69) is 13.2 Å². The minimum absolute atomic E-state index is 0.0597. The second kappa shape index (κ2) is 19.9. The summed E-state index contributed by atoms with van der Waals surface area (Å²) in [6.07, 6.45) is 5.52. The number of hydrogen-bond donors (Lipinski definition) is 0. The van der Waals surface area contributed by atoms with Crippen LogP contribution in [-0.2, 0) is 38.0 Å². The van der Waals surface area contributed by atoms with Crippen LogP contribution in [0.15, 0.2) is 25.3 Å². The van der Waals surface area contributed by atoms with Gasteiger partial charge in [0.25, 0.3) is 0 Å². The van der Waals surface area contributed by atoms with Crippen molar-refractivity contribution >= 4 is 24.1 Å². The number of esters is 2. The molecule has 2 unspecified atom stereocenters. The van der Waals surface area contributed by atoms with E-state index in [-0.39, 0.29) is 51.7 Å². The van der Waals surface area contributed by atoms with Gasteiger partial charge in [-0.3, -0.25) is 0 Å². The Hall–Kier alpha value is -3.12. The molecule has 0 heterocycles. The maximum Gasteiger partial charge on any atom is 0.409 e. The van der Waals surface area contributed by atoms with Gasteiger partial charge >= 0.3 is 24.1 Å². The summed E-state index contributed by atoms with van der Waals surface area (Å²) in [5, 5.41) is 0. The molecule has 0 saturated heterocycles. The van der Waals surface area contributed by atoms with Gasteiger partial charge in [-0.1, -0.05) is 13.2 Å². The van der Waals surface area contributed by atoms with Gasteiger partial charge in [0.1, 0.15) is 13.2 Å².